The molecule has 0 radical (unpaired) electrons. The lowest BCUT2D eigenvalue weighted by Gasteiger charge is -2.44. The molecule has 3 aromatic rings. The van der Waals surface area contributed by atoms with Gasteiger partial charge in [-0.2, -0.15) is 0 Å². The van der Waals surface area contributed by atoms with Gasteiger partial charge in [-0.15, -0.1) is 0 Å². The molecule has 3 aliphatic rings. The Kier molecular flexibility index (Phi) is 3.34. The van der Waals surface area contributed by atoms with E-state index in [9.17, 15) is 0 Å². The largest absolute Gasteiger partial charge is 0.489 e. The Hall–Kier alpha value is -2.26. The van der Waals surface area contributed by atoms with Crippen molar-refractivity contribution in [2.75, 3.05) is 19.6 Å². The molecule has 1 unspecified atom stereocenters. The third-order valence-electron chi connectivity index (χ3n) is 5.58. The van der Waals surface area contributed by atoms with Gasteiger partial charge in [-0.3, -0.25) is 4.90 Å². The summed E-state index contributed by atoms with van der Waals surface area (Å²) in [5.74, 6) is 1.73. The summed E-state index contributed by atoms with van der Waals surface area (Å²) < 4.78 is 6.29. The van der Waals surface area contributed by atoms with Gasteiger partial charge in [0.1, 0.15) is 11.9 Å². The van der Waals surface area contributed by atoms with Gasteiger partial charge in [-0.25, -0.2) is 0 Å². The third-order valence-corrected chi connectivity index (χ3v) is 5.58. The van der Waals surface area contributed by atoms with Crippen molar-refractivity contribution in [1.29, 1.82) is 0 Å². The first-order valence-electron chi connectivity index (χ1n) is 8.92. The Morgan fingerprint density at radius 2 is 1.75 bits per heavy atom. The number of piperidine rings is 3. The maximum Gasteiger partial charge on any atom is 0.119 e. The zero-order chi connectivity index (χ0) is 15.9. The van der Waals surface area contributed by atoms with Crippen LogP contribution in [0.2, 0.25) is 0 Å². The standard InChI is InChI=1S/C21H22N2O/c1-2-4-19-17(3-1)13-20(22-19)15-5-7-18(8-6-15)24-21-14-23-11-9-16(21)10-12-23/h1-8,13,16,21-22H,9-12,14H2. The molecule has 1 aromatic heterocycles. The van der Waals surface area contributed by atoms with Gasteiger partial charge in [-0.05, 0) is 73.8 Å². The Morgan fingerprint density at radius 1 is 0.958 bits per heavy atom. The van der Waals surface area contributed by atoms with Crippen LogP contribution in [0.1, 0.15) is 12.8 Å². The molecule has 2 bridgehead atoms. The highest BCUT2D eigenvalue weighted by Crippen LogP contribution is 2.31. The lowest BCUT2D eigenvalue weighted by Crippen LogP contribution is -2.52. The number of ether oxygens (including phenoxy) is 1. The molecule has 122 valence electrons. The lowest BCUT2D eigenvalue weighted by molar-refractivity contribution is -0.00775. The fourth-order valence-corrected chi connectivity index (χ4v) is 4.16. The molecular formula is C21H22N2O. The van der Waals surface area contributed by atoms with E-state index in [1.165, 1.54) is 42.4 Å². The molecule has 3 saturated heterocycles. The van der Waals surface area contributed by atoms with E-state index in [1.807, 2.05) is 0 Å². The van der Waals surface area contributed by atoms with E-state index in [2.05, 4.69) is 64.5 Å². The molecule has 0 amide bonds. The van der Waals surface area contributed by atoms with Crippen LogP contribution in [-0.4, -0.2) is 35.6 Å². The number of rotatable bonds is 3. The van der Waals surface area contributed by atoms with Crippen LogP contribution in [0.5, 0.6) is 5.75 Å². The van der Waals surface area contributed by atoms with Gasteiger partial charge in [0.2, 0.25) is 0 Å². The number of nitrogens with one attached hydrogen (secondary N) is 1. The minimum atomic E-state index is 0.367. The van der Waals surface area contributed by atoms with Crippen LogP contribution >= 0.6 is 0 Å². The van der Waals surface area contributed by atoms with E-state index < -0.39 is 0 Å². The number of H-pyrrole nitrogens is 1. The lowest BCUT2D eigenvalue weighted by atomic mass is 9.86. The second-order valence-corrected chi connectivity index (χ2v) is 7.09. The maximum atomic E-state index is 6.29. The van der Waals surface area contributed by atoms with Crippen LogP contribution in [0.25, 0.3) is 22.2 Å². The summed E-state index contributed by atoms with van der Waals surface area (Å²) in [5, 5.41) is 1.25. The van der Waals surface area contributed by atoms with Gasteiger partial charge in [0, 0.05) is 23.1 Å². The molecule has 4 heterocycles. The van der Waals surface area contributed by atoms with Crippen LogP contribution in [0.3, 0.4) is 0 Å². The van der Waals surface area contributed by atoms with Crippen molar-refractivity contribution in [3.8, 4) is 17.0 Å². The fourth-order valence-electron chi connectivity index (χ4n) is 4.16. The van der Waals surface area contributed by atoms with Crippen LogP contribution in [0.15, 0.2) is 54.6 Å². The Bertz CT molecular complexity index is 811. The number of para-hydroxylation sites is 1. The Morgan fingerprint density at radius 3 is 2.46 bits per heavy atom. The summed E-state index contributed by atoms with van der Waals surface area (Å²) >= 11 is 0. The number of fused-ring (bicyclic) bond motifs is 4. The topological polar surface area (TPSA) is 28.3 Å². The number of hydrogen-bond acceptors (Lipinski definition) is 2. The fraction of sp³-hybridized carbons (Fsp3) is 0.333. The molecule has 3 nitrogen and oxygen atoms in total. The first-order chi connectivity index (χ1) is 11.8. The third kappa shape index (κ3) is 2.49. The first kappa shape index (κ1) is 14.1. The molecular weight excluding hydrogens is 296 g/mol. The Balaban J connectivity index is 1.35. The van der Waals surface area contributed by atoms with Gasteiger partial charge in [0.25, 0.3) is 0 Å². The number of aromatic amines is 1. The normalized spacial score (nSPS) is 25.9. The van der Waals surface area contributed by atoms with E-state index >= 15 is 0 Å². The highest BCUT2D eigenvalue weighted by Gasteiger charge is 2.35. The van der Waals surface area contributed by atoms with E-state index in [0.29, 0.717) is 6.10 Å². The number of nitrogens with zero attached hydrogens (tertiary/aromatic N) is 1. The number of benzene rings is 2. The van der Waals surface area contributed by atoms with Crippen LogP contribution in [-0.2, 0) is 0 Å². The molecule has 0 aliphatic carbocycles. The average molecular weight is 318 g/mol. The predicted octanol–water partition coefficient (Wildman–Crippen LogP) is 4.31. The molecule has 0 spiro atoms. The summed E-state index contributed by atoms with van der Waals surface area (Å²) in [6.07, 6.45) is 2.95. The van der Waals surface area contributed by atoms with Crippen molar-refractivity contribution >= 4 is 10.9 Å². The minimum absolute atomic E-state index is 0.367. The highest BCUT2D eigenvalue weighted by atomic mass is 16.5. The summed E-state index contributed by atoms with van der Waals surface area (Å²) in [4.78, 5) is 6.02. The minimum Gasteiger partial charge on any atom is -0.489 e. The van der Waals surface area contributed by atoms with Gasteiger partial charge < -0.3 is 9.72 Å². The molecule has 3 aliphatic heterocycles. The van der Waals surface area contributed by atoms with E-state index in [4.69, 9.17) is 4.74 Å². The molecule has 1 N–H and O–H groups in total. The van der Waals surface area contributed by atoms with E-state index in [0.717, 1.165) is 23.9 Å². The van der Waals surface area contributed by atoms with Crippen molar-refractivity contribution in [2.24, 2.45) is 5.92 Å². The van der Waals surface area contributed by atoms with Crippen molar-refractivity contribution in [3.05, 3.63) is 54.6 Å². The smallest absolute Gasteiger partial charge is 0.119 e. The van der Waals surface area contributed by atoms with Crippen molar-refractivity contribution in [3.63, 3.8) is 0 Å². The molecule has 6 rings (SSSR count). The molecule has 2 aromatic carbocycles. The summed E-state index contributed by atoms with van der Waals surface area (Å²) in [6.45, 7) is 3.60. The molecule has 3 heteroatoms. The monoisotopic (exact) mass is 318 g/mol. The number of aromatic nitrogens is 1. The van der Waals surface area contributed by atoms with Crippen molar-refractivity contribution in [1.82, 2.24) is 9.88 Å². The second kappa shape index (κ2) is 5.67. The SMILES string of the molecule is c1ccc2[nH]c(-c3ccc(OC4CN5CCC4CC5)cc3)cc2c1. The zero-order valence-corrected chi connectivity index (χ0v) is 13.7. The average Bonchev–Trinajstić information content (AvgIpc) is 3.07. The van der Waals surface area contributed by atoms with Crippen LogP contribution in [0.4, 0.5) is 0 Å². The molecule has 24 heavy (non-hydrogen) atoms. The van der Waals surface area contributed by atoms with Gasteiger partial charge in [0.05, 0.1) is 0 Å². The predicted molar refractivity (Wildman–Crippen MR) is 97.3 cm³/mol. The zero-order valence-electron chi connectivity index (χ0n) is 13.7. The first-order valence-corrected chi connectivity index (χ1v) is 8.92. The molecule has 3 fully saturated rings. The summed E-state index contributed by atoms with van der Waals surface area (Å²) in [5.41, 5.74) is 3.54. The van der Waals surface area contributed by atoms with E-state index in [-0.39, 0.29) is 0 Å². The Labute approximate surface area is 142 Å². The van der Waals surface area contributed by atoms with Crippen LogP contribution in [0, 0.1) is 5.92 Å². The van der Waals surface area contributed by atoms with Crippen LogP contribution < -0.4 is 4.74 Å². The van der Waals surface area contributed by atoms with Gasteiger partial charge in [-0.1, -0.05) is 18.2 Å². The van der Waals surface area contributed by atoms with Gasteiger partial charge in [0.15, 0.2) is 0 Å². The number of hydrogen-bond donors (Lipinski definition) is 1. The maximum absolute atomic E-state index is 6.29. The molecule has 0 saturated carbocycles. The van der Waals surface area contributed by atoms with Gasteiger partial charge >= 0.3 is 0 Å². The summed E-state index contributed by atoms with van der Waals surface area (Å²) in [6, 6.07) is 19.1. The second-order valence-electron chi connectivity index (χ2n) is 7.09. The van der Waals surface area contributed by atoms with E-state index in [1.54, 1.807) is 0 Å². The van der Waals surface area contributed by atoms with Crippen molar-refractivity contribution in [2.45, 2.75) is 18.9 Å². The molecule has 1 atom stereocenters. The highest BCUT2D eigenvalue weighted by molar-refractivity contribution is 5.85. The van der Waals surface area contributed by atoms with Crippen molar-refractivity contribution < 1.29 is 4.74 Å². The summed E-state index contributed by atoms with van der Waals surface area (Å²) in [7, 11) is 0. The quantitative estimate of drug-likeness (QED) is 0.779.